The Morgan fingerprint density at radius 2 is 1.25 bits per heavy atom. The molecule has 1 aromatic carbocycles. The number of hydrogen-bond donors (Lipinski definition) is 0. The van der Waals surface area contributed by atoms with Gasteiger partial charge in [0.25, 0.3) is 0 Å². The molecule has 0 aromatic heterocycles. The van der Waals surface area contributed by atoms with Gasteiger partial charge in [-0.1, -0.05) is 40.2 Å². The van der Waals surface area contributed by atoms with Gasteiger partial charge in [0.15, 0.2) is 0 Å². The van der Waals surface area contributed by atoms with Gasteiger partial charge in [-0.05, 0) is 12.1 Å². The largest absolute Gasteiger partial charge is 0.435 e. The molecule has 0 spiro atoms. The van der Waals surface area contributed by atoms with Crippen LogP contribution in [0.25, 0.3) is 0 Å². The van der Waals surface area contributed by atoms with Crippen molar-refractivity contribution in [3.05, 3.63) is 65.4 Å². The maximum Gasteiger partial charge on any atom is 0.435 e. The van der Waals surface area contributed by atoms with E-state index in [1.165, 1.54) is 0 Å². The van der Waals surface area contributed by atoms with Gasteiger partial charge < -0.3 is 0 Å². The maximum atomic E-state index is 14.4. The van der Waals surface area contributed by atoms with Gasteiger partial charge >= 0.3 is 24.2 Å². The van der Waals surface area contributed by atoms with Gasteiger partial charge in [-0.25, -0.2) is 8.78 Å². The molecule has 1 aromatic rings. The second-order valence-electron chi connectivity index (χ2n) is 5.74. The van der Waals surface area contributed by atoms with Crippen LogP contribution in [0.2, 0.25) is 0 Å². The van der Waals surface area contributed by atoms with Crippen molar-refractivity contribution in [3.8, 4) is 0 Å². The number of allylic oxidation sites excluding steroid dienone is 4. The fraction of sp³-hybridized carbons (Fsp3) is 0.312. The molecule has 0 amide bonds. The zero-order chi connectivity index (χ0) is 21.8. The fourth-order valence-electron chi connectivity index (χ4n) is 2.52. The topological polar surface area (TPSA) is 0 Å². The molecule has 1 aliphatic carbocycles. The Kier molecular flexibility index (Phi) is 5.46. The number of benzene rings is 1. The molecule has 155 valence electrons. The highest BCUT2D eigenvalue weighted by Crippen LogP contribution is 2.56. The van der Waals surface area contributed by atoms with Crippen LogP contribution in [-0.4, -0.2) is 24.2 Å². The second-order valence-corrected chi connectivity index (χ2v) is 7.06. The van der Waals surface area contributed by atoms with Crippen LogP contribution in [0.15, 0.2) is 47.6 Å². The Morgan fingerprint density at radius 1 is 0.750 bits per heavy atom. The van der Waals surface area contributed by atoms with Crippen LogP contribution >= 0.6 is 15.9 Å². The molecule has 0 heterocycles. The lowest BCUT2D eigenvalue weighted by atomic mass is 9.79. The summed E-state index contributed by atoms with van der Waals surface area (Å²) in [5, 5.41) is 0. The summed E-state index contributed by atoms with van der Waals surface area (Å²) < 4.78 is 143. The van der Waals surface area contributed by atoms with Crippen LogP contribution in [-0.2, 0) is 4.32 Å². The molecule has 2 rings (SSSR count). The molecule has 0 bridgehead atoms. The highest BCUT2D eigenvalue weighted by atomic mass is 79.9. The Balaban J connectivity index is 2.83. The lowest BCUT2D eigenvalue weighted by molar-refractivity contribution is -0.325. The van der Waals surface area contributed by atoms with E-state index in [0.29, 0.717) is 0 Å². The van der Waals surface area contributed by atoms with Crippen LogP contribution < -0.4 is 0 Å². The molecule has 0 nitrogen and oxygen atoms in total. The predicted octanol–water partition coefficient (Wildman–Crippen LogP) is 6.88. The summed E-state index contributed by atoms with van der Waals surface area (Å²) in [4.78, 5) is 0. The van der Waals surface area contributed by atoms with E-state index < -0.39 is 57.1 Å². The van der Waals surface area contributed by atoms with E-state index in [-0.39, 0.29) is 12.5 Å². The van der Waals surface area contributed by atoms with Crippen molar-refractivity contribution >= 4 is 15.9 Å². The minimum Gasteiger partial charge on any atom is -0.218 e. The first-order valence-electron chi connectivity index (χ1n) is 7.08. The van der Waals surface area contributed by atoms with Gasteiger partial charge in [-0.3, -0.25) is 0 Å². The molecular weight excluding hydrogens is 481 g/mol. The lowest BCUT2D eigenvalue weighted by Crippen LogP contribution is -2.55. The predicted molar refractivity (Wildman–Crippen MR) is 79.5 cm³/mol. The van der Waals surface area contributed by atoms with E-state index in [1.807, 2.05) is 0 Å². The Morgan fingerprint density at radius 3 is 1.68 bits per heavy atom. The van der Waals surface area contributed by atoms with Crippen molar-refractivity contribution < 1.29 is 48.3 Å². The minimum atomic E-state index is -6.63. The molecule has 0 fully saturated rings. The molecule has 1 unspecified atom stereocenters. The molecule has 0 saturated heterocycles. The summed E-state index contributed by atoms with van der Waals surface area (Å²) >= 11 is 2.54. The van der Waals surface area contributed by atoms with Crippen LogP contribution in [0.4, 0.5) is 48.3 Å². The van der Waals surface area contributed by atoms with Crippen molar-refractivity contribution in [3.63, 3.8) is 0 Å². The van der Waals surface area contributed by atoms with Crippen LogP contribution in [0.1, 0.15) is 5.56 Å². The maximum absolute atomic E-state index is 14.4. The fourth-order valence-corrected chi connectivity index (χ4v) is 3.34. The molecule has 0 aliphatic heterocycles. The first kappa shape index (κ1) is 22.7. The zero-order valence-corrected chi connectivity index (χ0v) is 14.7. The lowest BCUT2D eigenvalue weighted by Gasteiger charge is -2.37. The zero-order valence-electron chi connectivity index (χ0n) is 13.1. The molecule has 0 N–H and O–H groups in total. The third-order valence-electron chi connectivity index (χ3n) is 3.84. The molecule has 28 heavy (non-hydrogen) atoms. The number of rotatable bonds is 2. The number of alkyl halides is 11. The third-order valence-corrected chi connectivity index (χ3v) is 4.72. The summed E-state index contributed by atoms with van der Waals surface area (Å²) in [6.07, 6.45) is -19.2. The smallest absolute Gasteiger partial charge is 0.218 e. The highest BCUT2D eigenvalue weighted by molar-refractivity contribution is 9.09. The Labute approximate surface area is 158 Å². The van der Waals surface area contributed by atoms with Crippen LogP contribution in [0, 0.1) is 12.2 Å². The molecule has 1 atom stereocenters. The van der Waals surface area contributed by atoms with Gasteiger partial charge in [-0.15, -0.1) is 0 Å². The normalized spacial score (nSPS) is 22.0. The summed E-state index contributed by atoms with van der Waals surface area (Å²) in [6.45, 7) is 0. The van der Waals surface area contributed by atoms with Gasteiger partial charge in [0, 0.05) is 23.1 Å². The quantitative estimate of drug-likeness (QED) is 0.315. The molecule has 1 aliphatic rings. The van der Waals surface area contributed by atoms with Crippen molar-refractivity contribution in [1.82, 2.24) is 0 Å². The number of hydrogen-bond acceptors (Lipinski definition) is 0. The van der Waals surface area contributed by atoms with Gasteiger partial charge in [-0.2, -0.15) is 39.5 Å². The third kappa shape index (κ3) is 3.79. The van der Waals surface area contributed by atoms with E-state index in [4.69, 9.17) is 0 Å². The molecular formula is C16H7BrF11. The van der Waals surface area contributed by atoms with Gasteiger partial charge in [0.05, 0.1) is 4.32 Å². The first-order chi connectivity index (χ1) is 12.4. The monoisotopic (exact) mass is 487 g/mol. The summed E-state index contributed by atoms with van der Waals surface area (Å²) in [5.41, 5.74) is -11.2. The SMILES string of the molecule is Fc1ccccc1C1(Br)[CH]C(C(F)(F)F)=CC(C(F)(C(F)(F)F)C(F)(F)F)=C1. The Hall–Kier alpha value is -1.59. The standard InChI is InChI=1S/C16H7BrF11/c17-12(10-3-1-2-4-11(10)18)6-8(5-9(7-12)14(20,21)22)13(19,15(23,24)25)16(26,27)28/h1-7H. The second kappa shape index (κ2) is 6.74. The molecule has 1 radical (unpaired) electrons. The van der Waals surface area contributed by atoms with E-state index in [1.54, 1.807) is 0 Å². The van der Waals surface area contributed by atoms with Gasteiger partial charge in [0.2, 0.25) is 0 Å². The molecule has 12 heteroatoms. The summed E-state index contributed by atoms with van der Waals surface area (Å²) in [7, 11) is 0. The van der Waals surface area contributed by atoms with Gasteiger partial charge in [0.1, 0.15) is 5.82 Å². The van der Waals surface area contributed by atoms with Crippen molar-refractivity contribution in [2.24, 2.45) is 0 Å². The summed E-state index contributed by atoms with van der Waals surface area (Å²) in [5.74, 6) is -1.24. The minimum absolute atomic E-state index is 0.0817. The average molecular weight is 488 g/mol. The Bertz CT molecular complexity index is 799. The van der Waals surface area contributed by atoms with E-state index in [2.05, 4.69) is 15.9 Å². The van der Waals surface area contributed by atoms with E-state index in [0.717, 1.165) is 24.3 Å². The van der Waals surface area contributed by atoms with E-state index in [9.17, 15) is 48.3 Å². The summed E-state index contributed by atoms with van der Waals surface area (Å²) in [6, 6.07) is 3.73. The first-order valence-corrected chi connectivity index (χ1v) is 7.87. The van der Waals surface area contributed by atoms with E-state index >= 15 is 0 Å². The van der Waals surface area contributed by atoms with Crippen molar-refractivity contribution in [1.29, 1.82) is 0 Å². The average Bonchev–Trinajstić information content (AvgIpc) is 2.50. The highest BCUT2D eigenvalue weighted by Gasteiger charge is 2.74. The van der Waals surface area contributed by atoms with Crippen LogP contribution in [0.5, 0.6) is 0 Å². The number of halogens is 12. The van der Waals surface area contributed by atoms with Crippen LogP contribution in [0.3, 0.4) is 0 Å². The van der Waals surface area contributed by atoms with Crippen molar-refractivity contribution in [2.75, 3.05) is 0 Å². The van der Waals surface area contributed by atoms with Crippen molar-refractivity contribution in [2.45, 2.75) is 28.5 Å². The molecule has 0 saturated carbocycles.